The SMILES string of the molecule is CCOC(=O)C1=C(C)NC(C(F)(F)F)=C(C(=O)OCC)[C@H]1c1ccccc1. The van der Waals surface area contributed by atoms with Gasteiger partial charge >= 0.3 is 18.1 Å². The highest BCUT2D eigenvalue weighted by Crippen LogP contribution is 2.43. The molecule has 0 saturated carbocycles. The molecule has 5 nitrogen and oxygen atoms in total. The van der Waals surface area contributed by atoms with Crippen LogP contribution in [0.3, 0.4) is 0 Å². The number of esters is 2. The van der Waals surface area contributed by atoms with E-state index in [1.165, 1.54) is 13.8 Å². The molecule has 1 aliphatic heterocycles. The first-order valence-corrected chi connectivity index (χ1v) is 8.40. The summed E-state index contributed by atoms with van der Waals surface area (Å²) in [4.78, 5) is 25.0. The van der Waals surface area contributed by atoms with E-state index in [-0.39, 0.29) is 24.5 Å². The molecule has 0 amide bonds. The Morgan fingerprint density at radius 2 is 1.52 bits per heavy atom. The molecule has 1 aromatic carbocycles. The highest BCUT2D eigenvalue weighted by molar-refractivity contribution is 6.00. The van der Waals surface area contributed by atoms with E-state index >= 15 is 0 Å². The van der Waals surface area contributed by atoms with Crippen LogP contribution < -0.4 is 5.32 Å². The van der Waals surface area contributed by atoms with Gasteiger partial charge in [-0.25, -0.2) is 9.59 Å². The van der Waals surface area contributed by atoms with Crippen LogP contribution in [-0.2, 0) is 19.1 Å². The van der Waals surface area contributed by atoms with Crippen molar-refractivity contribution in [2.24, 2.45) is 0 Å². The molecule has 1 heterocycles. The summed E-state index contributed by atoms with van der Waals surface area (Å²) in [6.45, 7) is 4.36. The van der Waals surface area contributed by atoms with E-state index in [0.29, 0.717) is 5.56 Å². The lowest BCUT2D eigenvalue weighted by Gasteiger charge is -2.32. The van der Waals surface area contributed by atoms with Crippen molar-refractivity contribution in [1.82, 2.24) is 5.32 Å². The Morgan fingerprint density at radius 3 is 2.00 bits per heavy atom. The van der Waals surface area contributed by atoms with Gasteiger partial charge in [-0.05, 0) is 26.3 Å². The molecule has 0 bridgehead atoms. The fourth-order valence-corrected chi connectivity index (χ4v) is 2.94. The number of hydrogen-bond donors (Lipinski definition) is 1. The third kappa shape index (κ3) is 4.32. The standard InChI is InChI=1S/C19H20F3NO4/c1-4-26-17(24)13-11(3)23-16(19(20,21)22)15(18(25)27-5-2)14(13)12-9-7-6-8-10-12/h6-10,14,23H,4-5H2,1-3H3/t14-/m0/s1. The Labute approximate surface area is 154 Å². The summed E-state index contributed by atoms with van der Waals surface area (Å²) in [5.74, 6) is -3.19. The number of benzene rings is 1. The molecule has 0 saturated heterocycles. The van der Waals surface area contributed by atoms with Crippen LogP contribution in [0.4, 0.5) is 13.2 Å². The minimum absolute atomic E-state index is 0.0253. The lowest BCUT2D eigenvalue weighted by atomic mass is 9.80. The normalized spacial score (nSPS) is 17.5. The number of hydrogen-bond acceptors (Lipinski definition) is 5. The monoisotopic (exact) mass is 383 g/mol. The predicted molar refractivity (Wildman–Crippen MR) is 91.4 cm³/mol. The Morgan fingerprint density at radius 1 is 1.00 bits per heavy atom. The van der Waals surface area contributed by atoms with Gasteiger partial charge in [-0.3, -0.25) is 0 Å². The second-order valence-corrected chi connectivity index (χ2v) is 5.73. The number of alkyl halides is 3. The number of allylic oxidation sites excluding steroid dienone is 2. The molecule has 0 aliphatic carbocycles. The number of dihydropyridines is 1. The molecule has 0 aromatic heterocycles. The number of halogens is 3. The molecule has 1 aliphatic rings. The molecule has 1 N–H and O–H groups in total. The third-order valence-electron chi connectivity index (χ3n) is 3.97. The number of carbonyl (C=O) groups is 2. The summed E-state index contributed by atoms with van der Waals surface area (Å²) in [5, 5.41) is 2.17. The van der Waals surface area contributed by atoms with Crippen molar-refractivity contribution < 1.29 is 32.2 Å². The second-order valence-electron chi connectivity index (χ2n) is 5.73. The van der Waals surface area contributed by atoms with Gasteiger partial charge in [-0.15, -0.1) is 0 Å². The van der Waals surface area contributed by atoms with Gasteiger partial charge < -0.3 is 14.8 Å². The lowest BCUT2D eigenvalue weighted by molar-refractivity contribution is -0.141. The van der Waals surface area contributed by atoms with E-state index in [9.17, 15) is 22.8 Å². The van der Waals surface area contributed by atoms with E-state index in [4.69, 9.17) is 9.47 Å². The van der Waals surface area contributed by atoms with E-state index in [2.05, 4.69) is 5.32 Å². The minimum Gasteiger partial charge on any atom is -0.463 e. The summed E-state index contributed by atoms with van der Waals surface area (Å²) in [6, 6.07) is 8.02. The molecule has 0 spiro atoms. The number of nitrogens with one attached hydrogen (secondary N) is 1. The Balaban J connectivity index is 2.76. The molecule has 8 heteroatoms. The van der Waals surface area contributed by atoms with Crippen LogP contribution in [0.2, 0.25) is 0 Å². The predicted octanol–water partition coefficient (Wildman–Crippen LogP) is 3.59. The summed E-state index contributed by atoms with van der Waals surface area (Å²) in [5.41, 5.74) is -1.63. The van der Waals surface area contributed by atoms with Gasteiger partial charge in [0.05, 0.1) is 30.3 Å². The molecule has 2 rings (SSSR count). The second kappa shape index (κ2) is 8.28. The first-order chi connectivity index (χ1) is 12.7. The zero-order valence-corrected chi connectivity index (χ0v) is 15.1. The number of carbonyl (C=O) groups excluding carboxylic acids is 2. The van der Waals surface area contributed by atoms with E-state index in [1.807, 2.05) is 0 Å². The smallest absolute Gasteiger partial charge is 0.431 e. The third-order valence-corrected chi connectivity index (χ3v) is 3.97. The van der Waals surface area contributed by atoms with Crippen LogP contribution in [0.1, 0.15) is 32.3 Å². The highest BCUT2D eigenvalue weighted by Gasteiger charge is 2.47. The average molecular weight is 383 g/mol. The van der Waals surface area contributed by atoms with Crippen molar-refractivity contribution >= 4 is 11.9 Å². The largest absolute Gasteiger partial charge is 0.463 e. The minimum atomic E-state index is -4.84. The van der Waals surface area contributed by atoms with Crippen molar-refractivity contribution in [3.63, 3.8) is 0 Å². The van der Waals surface area contributed by atoms with Gasteiger partial charge in [0.15, 0.2) is 0 Å². The molecule has 0 unspecified atom stereocenters. The number of ether oxygens (including phenoxy) is 2. The van der Waals surface area contributed by atoms with Crippen molar-refractivity contribution in [2.75, 3.05) is 13.2 Å². The van der Waals surface area contributed by atoms with E-state index < -0.39 is 35.3 Å². The van der Waals surface area contributed by atoms with E-state index in [0.717, 1.165) is 0 Å². The Kier molecular flexibility index (Phi) is 6.30. The number of rotatable bonds is 5. The average Bonchev–Trinajstić information content (AvgIpc) is 2.61. The van der Waals surface area contributed by atoms with Crippen LogP contribution >= 0.6 is 0 Å². The molecule has 27 heavy (non-hydrogen) atoms. The van der Waals surface area contributed by atoms with Crippen molar-refractivity contribution in [3.05, 3.63) is 58.4 Å². The highest BCUT2D eigenvalue weighted by atomic mass is 19.4. The quantitative estimate of drug-likeness (QED) is 0.788. The maximum Gasteiger partial charge on any atom is 0.431 e. The fraction of sp³-hybridized carbons (Fsp3) is 0.368. The first kappa shape index (κ1) is 20.5. The van der Waals surface area contributed by atoms with Gasteiger partial charge in [0.1, 0.15) is 5.70 Å². The zero-order chi connectivity index (χ0) is 20.2. The molecule has 146 valence electrons. The maximum absolute atomic E-state index is 13.7. The molecule has 0 radical (unpaired) electrons. The van der Waals surface area contributed by atoms with Gasteiger partial charge in [-0.1, -0.05) is 30.3 Å². The van der Waals surface area contributed by atoms with Gasteiger partial charge in [0.2, 0.25) is 0 Å². The molecular formula is C19H20F3NO4. The van der Waals surface area contributed by atoms with Crippen LogP contribution in [0.15, 0.2) is 52.9 Å². The fourth-order valence-electron chi connectivity index (χ4n) is 2.94. The summed E-state index contributed by atoms with van der Waals surface area (Å²) in [6.07, 6.45) is -4.84. The summed E-state index contributed by atoms with van der Waals surface area (Å²) >= 11 is 0. The molecular weight excluding hydrogens is 363 g/mol. The van der Waals surface area contributed by atoms with Gasteiger partial charge in [0.25, 0.3) is 0 Å². The van der Waals surface area contributed by atoms with Crippen LogP contribution in [0.5, 0.6) is 0 Å². The van der Waals surface area contributed by atoms with Crippen LogP contribution in [0.25, 0.3) is 0 Å². The van der Waals surface area contributed by atoms with Gasteiger partial charge in [0, 0.05) is 5.70 Å². The van der Waals surface area contributed by atoms with Crippen LogP contribution in [0, 0.1) is 0 Å². The first-order valence-electron chi connectivity index (χ1n) is 8.40. The van der Waals surface area contributed by atoms with E-state index in [1.54, 1.807) is 37.3 Å². The topological polar surface area (TPSA) is 64.6 Å². The van der Waals surface area contributed by atoms with Gasteiger partial charge in [-0.2, -0.15) is 13.2 Å². The van der Waals surface area contributed by atoms with Crippen molar-refractivity contribution in [3.8, 4) is 0 Å². The molecule has 0 fully saturated rings. The van der Waals surface area contributed by atoms with Crippen molar-refractivity contribution in [1.29, 1.82) is 0 Å². The van der Waals surface area contributed by atoms with Crippen molar-refractivity contribution in [2.45, 2.75) is 32.9 Å². The summed E-state index contributed by atoms with van der Waals surface area (Å²) < 4.78 is 50.9. The zero-order valence-electron chi connectivity index (χ0n) is 15.1. The Hall–Kier alpha value is -2.77. The molecule has 1 aromatic rings. The summed E-state index contributed by atoms with van der Waals surface area (Å²) in [7, 11) is 0. The maximum atomic E-state index is 13.7. The molecule has 1 atom stereocenters. The van der Waals surface area contributed by atoms with Crippen LogP contribution in [-0.4, -0.2) is 31.3 Å². The lowest BCUT2D eigenvalue weighted by Crippen LogP contribution is -2.38. The Bertz CT molecular complexity index is 782.